The van der Waals surface area contributed by atoms with E-state index in [-0.39, 0.29) is 17.2 Å². The van der Waals surface area contributed by atoms with Gasteiger partial charge >= 0.3 is 5.97 Å². The summed E-state index contributed by atoms with van der Waals surface area (Å²) in [5.74, 6) is -0.397. The fourth-order valence-corrected chi connectivity index (χ4v) is 6.94. The molecule has 0 aliphatic carbocycles. The molecule has 0 spiro atoms. The molecule has 9 nitrogen and oxygen atoms in total. The van der Waals surface area contributed by atoms with E-state index in [2.05, 4.69) is 15.2 Å². The Morgan fingerprint density at radius 3 is 2.28 bits per heavy atom. The number of halogens is 1. The van der Waals surface area contributed by atoms with Crippen molar-refractivity contribution in [3.05, 3.63) is 111 Å². The number of aromatic hydroxyl groups is 1. The summed E-state index contributed by atoms with van der Waals surface area (Å²) in [5.41, 5.74) is -0.272. The number of unbranched alkanes of at least 4 members (excludes halogenated alkanes) is 6. The van der Waals surface area contributed by atoms with Crippen molar-refractivity contribution in [1.82, 2.24) is 15.2 Å². The molecule has 0 radical (unpaired) electrons. The monoisotopic (exact) mass is 703 g/mol. The summed E-state index contributed by atoms with van der Waals surface area (Å²) in [6, 6.07) is 21.8. The lowest BCUT2D eigenvalue weighted by Crippen LogP contribution is -2.40. The average Bonchev–Trinajstić information content (AvgIpc) is 3.14. The van der Waals surface area contributed by atoms with Gasteiger partial charge in [0.25, 0.3) is 0 Å². The summed E-state index contributed by atoms with van der Waals surface area (Å²) in [6.45, 7) is 4.61. The largest absolute Gasteiger partial charge is 0.506 e. The molecule has 1 aliphatic rings. The first-order chi connectivity index (χ1) is 24.3. The van der Waals surface area contributed by atoms with Gasteiger partial charge in [-0.1, -0.05) is 92.2 Å². The minimum absolute atomic E-state index is 0.00883. The third-order valence-corrected chi connectivity index (χ3v) is 10.1. The maximum absolute atomic E-state index is 13.4. The van der Waals surface area contributed by atoms with Crippen LogP contribution in [0.2, 0.25) is 5.02 Å². The Hall–Kier alpha value is -3.73. The van der Waals surface area contributed by atoms with Crippen molar-refractivity contribution in [2.75, 3.05) is 39.3 Å². The van der Waals surface area contributed by atoms with Gasteiger partial charge in [-0.25, -0.2) is 4.79 Å². The number of ether oxygens (including phenoxy) is 1. The molecule has 1 fully saturated rings. The molecular formula is C40H50ClN3O6. The predicted octanol–water partition coefficient (Wildman–Crippen LogP) is 6.43. The second-order valence-electron chi connectivity index (χ2n) is 13.4. The van der Waals surface area contributed by atoms with Gasteiger partial charge in [-0.05, 0) is 98.7 Å². The quantitative estimate of drug-likeness (QED) is 0.0591. The Kier molecular flexibility index (Phi) is 13.9. The number of likely N-dealkylation sites (tertiary alicyclic amines) is 1. The molecule has 0 saturated carbocycles. The number of aliphatic hydroxyl groups is 2. The van der Waals surface area contributed by atoms with Crippen molar-refractivity contribution in [2.24, 2.45) is 5.92 Å². The van der Waals surface area contributed by atoms with Crippen LogP contribution >= 0.6 is 11.6 Å². The van der Waals surface area contributed by atoms with Crippen molar-refractivity contribution in [1.29, 1.82) is 0 Å². The van der Waals surface area contributed by atoms with Crippen LogP contribution in [0, 0.1) is 5.92 Å². The highest BCUT2D eigenvalue weighted by Gasteiger charge is 2.42. The molecule has 1 unspecified atom stereocenters. The van der Waals surface area contributed by atoms with E-state index < -0.39 is 17.7 Å². The summed E-state index contributed by atoms with van der Waals surface area (Å²) in [7, 11) is 0. The van der Waals surface area contributed by atoms with E-state index in [1.807, 2.05) is 6.07 Å². The smallest absolute Gasteiger partial charge is 0.347 e. The van der Waals surface area contributed by atoms with E-state index in [1.54, 1.807) is 60.7 Å². The van der Waals surface area contributed by atoms with Crippen molar-refractivity contribution in [2.45, 2.75) is 69.5 Å². The minimum Gasteiger partial charge on any atom is -0.506 e. The standard InChI is InChI=1S/C40H50ClN3O6/c41-32-15-13-31(14-16-32)40(49,30-11-7-6-8-12-30)39(48)50-28-29-21-25-44(26-22-29)24-10-5-3-1-2-4-9-23-42-27-36(46)33-17-19-35(45)38-34(33)18-20-37(47)43-38/h6-8,11-20,29,36,42,45-46,49H,1-5,9-10,21-28H2,(H,43,47)/t36-,40?/m0/s1. The number of phenols is 1. The molecule has 1 aromatic heterocycles. The highest BCUT2D eigenvalue weighted by atomic mass is 35.5. The van der Waals surface area contributed by atoms with Crippen molar-refractivity contribution in [3.63, 3.8) is 0 Å². The van der Waals surface area contributed by atoms with Gasteiger partial charge < -0.3 is 35.3 Å². The average molecular weight is 704 g/mol. The molecule has 2 atom stereocenters. The molecule has 0 amide bonds. The number of phenolic OH excluding ortho intramolecular Hbond substituents is 1. The number of aromatic nitrogens is 1. The molecule has 10 heteroatoms. The summed E-state index contributed by atoms with van der Waals surface area (Å²) >= 11 is 6.06. The molecule has 5 N–H and O–H groups in total. The Balaban J connectivity index is 0.905. The van der Waals surface area contributed by atoms with Gasteiger partial charge in [-0.15, -0.1) is 0 Å². The highest BCUT2D eigenvalue weighted by Crippen LogP contribution is 2.33. The van der Waals surface area contributed by atoms with Crippen LogP contribution in [0.3, 0.4) is 0 Å². The zero-order valence-corrected chi connectivity index (χ0v) is 29.4. The number of aliphatic hydroxyl groups excluding tert-OH is 1. The Bertz CT molecular complexity index is 1710. The fourth-order valence-electron chi connectivity index (χ4n) is 6.82. The third kappa shape index (κ3) is 9.95. The van der Waals surface area contributed by atoms with Gasteiger partial charge in [0.15, 0.2) is 0 Å². The molecule has 4 aromatic rings. The molecule has 1 saturated heterocycles. The van der Waals surface area contributed by atoms with Crippen LogP contribution < -0.4 is 10.9 Å². The lowest BCUT2D eigenvalue weighted by molar-refractivity contribution is -0.164. The predicted molar refractivity (Wildman–Crippen MR) is 197 cm³/mol. The van der Waals surface area contributed by atoms with Crippen LogP contribution in [0.4, 0.5) is 0 Å². The third-order valence-electron chi connectivity index (χ3n) is 9.84. The molecule has 268 valence electrons. The second kappa shape index (κ2) is 18.5. The Morgan fingerprint density at radius 1 is 0.900 bits per heavy atom. The number of aromatic amines is 1. The first-order valence-electron chi connectivity index (χ1n) is 17.9. The summed E-state index contributed by atoms with van der Waals surface area (Å²) in [4.78, 5) is 30.1. The van der Waals surface area contributed by atoms with E-state index in [0.717, 1.165) is 51.9 Å². The van der Waals surface area contributed by atoms with Crippen LogP contribution in [0.5, 0.6) is 5.75 Å². The van der Waals surface area contributed by atoms with Crippen LogP contribution in [0.1, 0.15) is 80.6 Å². The van der Waals surface area contributed by atoms with Gasteiger partial charge in [0, 0.05) is 23.0 Å². The number of pyridine rings is 1. The molecule has 3 aromatic carbocycles. The number of piperidine rings is 1. The molecule has 1 aliphatic heterocycles. The normalized spacial score (nSPS) is 15.9. The van der Waals surface area contributed by atoms with Gasteiger partial charge in [-0.2, -0.15) is 0 Å². The first kappa shape index (κ1) is 37.5. The molecule has 5 rings (SSSR count). The van der Waals surface area contributed by atoms with Gasteiger partial charge in [-0.3, -0.25) is 4.79 Å². The van der Waals surface area contributed by atoms with E-state index in [1.165, 1.54) is 44.2 Å². The lowest BCUT2D eigenvalue weighted by Gasteiger charge is -2.33. The van der Waals surface area contributed by atoms with Crippen LogP contribution in [-0.2, 0) is 15.1 Å². The molecule has 2 heterocycles. The number of nitrogens with one attached hydrogen (secondary N) is 2. The number of carbonyl (C=O) groups is 1. The zero-order valence-electron chi connectivity index (χ0n) is 28.7. The number of hydrogen-bond donors (Lipinski definition) is 5. The lowest BCUT2D eigenvalue weighted by atomic mass is 9.86. The van der Waals surface area contributed by atoms with Crippen molar-refractivity contribution < 1.29 is 24.9 Å². The maximum atomic E-state index is 13.4. The van der Waals surface area contributed by atoms with Crippen LogP contribution in [0.25, 0.3) is 10.9 Å². The number of fused-ring (bicyclic) bond motifs is 1. The zero-order chi connectivity index (χ0) is 35.3. The summed E-state index contributed by atoms with van der Waals surface area (Å²) in [5, 5.41) is 36.9. The van der Waals surface area contributed by atoms with E-state index in [0.29, 0.717) is 45.8 Å². The summed E-state index contributed by atoms with van der Waals surface area (Å²) in [6.07, 6.45) is 9.44. The number of benzene rings is 3. The van der Waals surface area contributed by atoms with E-state index >= 15 is 0 Å². The number of nitrogens with zero attached hydrogens (tertiary/aromatic N) is 1. The minimum atomic E-state index is -1.90. The van der Waals surface area contributed by atoms with E-state index in [4.69, 9.17) is 16.3 Å². The maximum Gasteiger partial charge on any atom is 0.347 e. The van der Waals surface area contributed by atoms with Crippen LogP contribution in [-0.4, -0.2) is 70.5 Å². The van der Waals surface area contributed by atoms with Crippen molar-refractivity contribution in [3.8, 4) is 5.75 Å². The molecular weight excluding hydrogens is 654 g/mol. The Morgan fingerprint density at radius 2 is 1.56 bits per heavy atom. The van der Waals surface area contributed by atoms with Crippen LogP contribution in [0.15, 0.2) is 83.7 Å². The van der Waals surface area contributed by atoms with Gasteiger partial charge in [0.2, 0.25) is 11.2 Å². The first-order valence-corrected chi connectivity index (χ1v) is 18.3. The number of H-pyrrole nitrogens is 1. The molecule has 0 bridgehead atoms. The topological polar surface area (TPSA) is 135 Å². The Labute approximate surface area is 299 Å². The number of esters is 1. The van der Waals surface area contributed by atoms with E-state index in [9.17, 15) is 24.9 Å². The SMILES string of the molecule is O=C(OCC1CCN(CCCCCCCCCNC[C@H](O)c2ccc(O)c3[nH]c(=O)ccc23)CC1)C(O)(c1ccccc1)c1ccc(Cl)cc1. The fraction of sp³-hybridized carbons (Fsp3) is 0.450. The van der Waals surface area contributed by atoms with Crippen molar-refractivity contribution >= 4 is 28.5 Å². The second-order valence-corrected chi connectivity index (χ2v) is 13.9. The number of carbonyl (C=O) groups excluding carboxylic acids is 1. The summed E-state index contributed by atoms with van der Waals surface area (Å²) < 4.78 is 5.76. The number of rotatable bonds is 18. The number of hydrogen-bond acceptors (Lipinski definition) is 8. The highest BCUT2D eigenvalue weighted by molar-refractivity contribution is 6.30. The molecule has 50 heavy (non-hydrogen) atoms. The van der Waals surface area contributed by atoms with Gasteiger partial charge in [0.1, 0.15) is 5.75 Å². The van der Waals surface area contributed by atoms with Gasteiger partial charge in [0.05, 0.1) is 18.2 Å².